The van der Waals surface area contributed by atoms with E-state index in [4.69, 9.17) is 0 Å². The smallest absolute Gasteiger partial charge is 0.0543 e. The van der Waals surface area contributed by atoms with Crippen LogP contribution in [0.2, 0.25) is 0 Å². The van der Waals surface area contributed by atoms with E-state index in [0.717, 1.165) is 19.4 Å². The van der Waals surface area contributed by atoms with E-state index in [0.29, 0.717) is 12.0 Å². The summed E-state index contributed by atoms with van der Waals surface area (Å²) >= 11 is 0. The summed E-state index contributed by atoms with van der Waals surface area (Å²) in [4.78, 5) is 0. The number of nitrogens with one attached hydrogen (secondary N) is 1. The van der Waals surface area contributed by atoms with Gasteiger partial charge in [-0.25, -0.2) is 0 Å². The van der Waals surface area contributed by atoms with Crippen molar-refractivity contribution in [2.45, 2.75) is 77.4 Å². The summed E-state index contributed by atoms with van der Waals surface area (Å²) in [5.74, 6) is 0.706. The largest absolute Gasteiger partial charge is 0.393 e. The van der Waals surface area contributed by atoms with E-state index >= 15 is 0 Å². The third kappa shape index (κ3) is 5.86. The molecular weight excluding hydrogens is 198 g/mol. The predicted molar refractivity (Wildman–Crippen MR) is 69.6 cm³/mol. The van der Waals surface area contributed by atoms with Crippen LogP contribution in [-0.2, 0) is 0 Å². The van der Waals surface area contributed by atoms with Crippen LogP contribution in [0.3, 0.4) is 0 Å². The molecule has 0 aliphatic heterocycles. The van der Waals surface area contributed by atoms with Crippen molar-refractivity contribution >= 4 is 0 Å². The zero-order chi connectivity index (χ0) is 11.8. The van der Waals surface area contributed by atoms with E-state index in [2.05, 4.69) is 19.2 Å². The summed E-state index contributed by atoms with van der Waals surface area (Å²) in [7, 11) is 0. The molecule has 0 heterocycles. The molecule has 0 aromatic carbocycles. The minimum atomic E-state index is -0.0315. The van der Waals surface area contributed by atoms with Crippen LogP contribution in [0.15, 0.2) is 0 Å². The maximum absolute atomic E-state index is 9.59. The normalized spacial score (nSPS) is 27.9. The number of hydrogen-bond donors (Lipinski definition) is 2. The minimum Gasteiger partial charge on any atom is -0.393 e. The molecule has 96 valence electrons. The molecule has 2 heteroatoms. The Balaban J connectivity index is 2.04. The maximum atomic E-state index is 9.59. The van der Waals surface area contributed by atoms with Crippen LogP contribution in [0.5, 0.6) is 0 Å². The molecule has 0 radical (unpaired) electrons. The number of unbranched alkanes of at least 4 members (excludes halogenated alkanes) is 2. The van der Waals surface area contributed by atoms with Crippen molar-refractivity contribution in [2.24, 2.45) is 5.92 Å². The zero-order valence-electron chi connectivity index (χ0n) is 11.0. The van der Waals surface area contributed by atoms with Gasteiger partial charge in [0, 0.05) is 6.04 Å². The predicted octanol–water partition coefficient (Wildman–Crippen LogP) is 3.10. The fourth-order valence-electron chi connectivity index (χ4n) is 2.62. The van der Waals surface area contributed by atoms with Gasteiger partial charge in [-0.05, 0) is 45.1 Å². The number of hydrogen-bond acceptors (Lipinski definition) is 2. The molecule has 1 aliphatic carbocycles. The third-order valence-electron chi connectivity index (χ3n) is 3.75. The van der Waals surface area contributed by atoms with E-state index in [9.17, 15) is 5.11 Å². The summed E-state index contributed by atoms with van der Waals surface area (Å²) in [5.41, 5.74) is 0. The number of rotatable bonds is 7. The monoisotopic (exact) mass is 227 g/mol. The fourth-order valence-corrected chi connectivity index (χ4v) is 2.62. The first-order valence-corrected chi connectivity index (χ1v) is 7.13. The second-order valence-electron chi connectivity index (χ2n) is 5.49. The first-order valence-electron chi connectivity index (χ1n) is 7.13. The van der Waals surface area contributed by atoms with Crippen LogP contribution in [0.4, 0.5) is 0 Å². The highest BCUT2D eigenvalue weighted by Crippen LogP contribution is 2.23. The standard InChI is InChI=1S/C14H29NO/c1-3-4-5-7-12(2)15-11-13-8-6-9-14(16)10-13/h12-16H,3-11H2,1-2H3. The van der Waals surface area contributed by atoms with E-state index < -0.39 is 0 Å². The quantitative estimate of drug-likeness (QED) is 0.655. The van der Waals surface area contributed by atoms with Crippen LogP contribution < -0.4 is 5.32 Å². The Morgan fingerprint density at radius 1 is 1.31 bits per heavy atom. The molecule has 1 aliphatic rings. The Hall–Kier alpha value is -0.0800. The van der Waals surface area contributed by atoms with Crippen LogP contribution in [0.1, 0.15) is 65.2 Å². The van der Waals surface area contributed by atoms with Gasteiger partial charge in [-0.3, -0.25) is 0 Å². The minimum absolute atomic E-state index is 0.0315. The SMILES string of the molecule is CCCCCC(C)NCC1CCCC(O)C1. The molecule has 0 bridgehead atoms. The van der Waals surface area contributed by atoms with Crippen molar-refractivity contribution in [3.05, 3.63) is 0 Å². The molecule has 1 rings (SSSR count). The van der Waals surface area contributed by atoms with E-state index in [1.54, 1.807) is 0 Å². The second-order valence-corrected chi connectivity index (χ2v) is 5.49. The van der Waals surface area contributed by atoms with Gasteiger partial charge in [-0.1, -0.05) is 32.6 Å². The molecule has 0 aromatic rings. The lowest BCUT2D eigenvalue weighted by Gasteiger charge is -2.27. The number of aliphatic hydroxyl groups excluding tert-OH is 1. The van der Waals surface area contributed by atoms with Gasteiger partial charge < -0.3 is 10.4 Å². The summed E-state index contributed by atoms with van der Waals surface area (Å²) in [5, 5.41) is 13.2. The van der Waals surface area contributed by atoms with Crippen LogP contribution in [0, 0.1) is 5.92 Å². The number of aliphatic hydroxyl groups is 1. The lowest BCUT2D eigenvalue weighted by molar-refractivity contribution is 0.0996. The fraction of sp³-hybridized carbons (Fsp3) is 1.00. The van der Waals surface area contributed by atoms with Crippen molar-refractivity contribution in [1.29, 1.82) is 0 Å². The van der Waals surface area contributed by atoms with E-state index in [-0.39, 0.29) is 6.10 Å². The summed E-state index contributed by atoms with van der Waals surface area (Å²) in [6.45, 7) is 5.64. The average Bonchev–Trinajstić information content (AvgIpc) is 2.27. The Kier molecular flexibility index (Phi) is 7.06. The van der Waals surface area contributed by atoms with Crippen molar-refractivity contribution < 1.29 is 5.11 Å². The van der Waals surface area contributed by atoms with Crippen molar-refractivity contribution in [2.75, 3.05) is 6.54 Å². The molecule has 1 fully saturated rings. The average molecular weight is 227 g/mol. The molecule has 0 spiro atoms. The zero-order valence-corrected chi connectivity index (χ0v) is 11.0. The first kappa shape index (κ1) is 14.0. The highest BCUT2D eigenvalue weighted by atomic mass is 16.3. The van der Waals surface area contributed by atoms with Crippen LogP contribution in [0.25, 0.3) is 0 Å². The van der Waals surface area contributed by atoms with Gasteiger partial charge in [-0.15, -0.1) is 0 Å². The van der Waals surface area contributed by atoms with Gasteiger partial charge in [-0.2, -0.15) is 0 Å². The van der Waals surface area contributed by atoms with Gasteiger partial charge in [0.1, 0.15) is 0 Å². The topological polar surface area (TPSA) is 32.3 Å². The molecule has 1 saturated carbocycles. The Morgan fingerprint density at radius 2 is 2.12 bits per heavy atom. The van der Waals surface area contributed by atoms with Crippen molar-refractivity contribution in [3.8, 4) is 0 Å². The third-order valence-corrected chi connectivity index (χ3v) is 3.75. The Bertz CT molecular complexity index is 172. The molecule has 3 atom stereocenters. The second kappa shape index (κ2) is 8.08. The summed E-state index contributed by atoms with van der Waals surface area (Å²) in [6, 6.07) is 0.644. The summed E-state index contributed by atoms with van der Waals surface area (Å²) in [6.07, 6.45) is 9.80. The first-order chi connectivity index (χ1) is 7.72. The van der Waals surface area contributed by atoms with Gasteiger partial charge >= 0.3 is 0 Å². The lowest BCUT2D eigenvalue weighted by Crippen LogP contribution is -2.34. The van der Waals surface area contributed by atoms with Gasteiger partial charge in [0.05, 0.1) is 6.10 Å². The Morgan fingerprint density at radius 3 is 2.81 bits per heavy atom. The van der Waals surface area contributed by atoms with Crippen LogP contribution >= 0.6 is 0 Å². The molecule has 0 aromatic heterocycles. The van der Waals surface area contributed by atoms with E-state index in [1.165, 1.54) is 38.5 Å². The summed E-state index contributed by atoms with van der Waals surface area (Å²) < 4.78 is 0. The molecule has 2 nitrogen and oxygen atoms in total. The highest BCUT2D eigenvalue weighted by Gasteiger charge is 2.20. The molecule has 16 heavy (non-hydrogen) atoms. The van der Waals surface area contributed by atoms with Crippen molar-refractivity contribution in [1.82, 2.24) is 5.32 Å². The molecule has 0 saturated heterocycles. The molecular formula is C14H29NO. The molecule has 0 amide bonds. The van der Waals surface area contributed by atoms with Crippen molar-refractivity contribution in [3.63, 3.8) is 0 Å². The Labute approximate surface area is 101 Å². The van der Waals surface area contributed by atoms with Gasteiger partial charge in [0.25, 0.3) is 0 Å². The van der Waals surface area contributed by atoms with Gasteiger partial charge in [0.2, 0.25) is 0 Å². The van der Waals surface area contributed by atoms with E-state index in [1.807, 2.05) is 0 Å². The molecule has 3 unspecified atom stereocenters. The molecule has 2 N–H and O–H groups in total. The lowest BCUT2D eigenvalue weighted by atomic mass is 9.87. The van der Waals surface area contributed by atoms with Gasteiger partial charge in [0.15, 0.2) is 0 Å². The van der Waals surface area contributed by atoms with Crippen LogP contribution in [-0.4, -0.2) is 23.8 Å². The maximum Gasteiger partial charge on any atom is 0.0543 e. The highest BCUT2D eigenvalue weighted by molar-refractivity contribution is 4.75.